The minimum atomic E-state index is -1.63. The summed E-state index contributed by atoms with van der Waals surface area (Å²) in [5.41, 5.74) is 0.733. The van der Waals surface area contributed by atoms with E-state index in [1.165, 1.54) is 29.2 Å². The van der Waals surface area contributed by atoms with E-state index in [-0.39, 0.29) is 18.9 Å². The molecule has 4 nitrogen and oxygen atoms in total. The standard InChI is InChI=1S/C17H19F2N3O/c1-11-15(12(2)21(3)20-11)16(23)22-9-8-17(19,10-22)13-4-6-14(18)7-5-13/h4-7H,8-10H2,1-3H3/t17-/m1/s1. The maximum absolute atomic E-state index is 15.2. The van der Waals surface area contributed by atoms with Crippen molar-refractivity contribution in [2.45, 2.75) is 25.9 Å². The van der Waals surface area contributed by atoms with Crippen LogP contribution in [0, 0.1) is 19.7 Å². The van der Waals surface area contributed by atoms with E-state index in [0.29, 0.717) is 23.4 Å². The first kappa shape index (κ1) is 15.6. The lowest BCUT2D eigenvalue weighted by atomic mass is 9.95. The molecule has 0 spiro atoms. The first-order valence-corrected chi connectivity index (χ1v) is 7.56. The molecule has 0 N–H and O–H groups in total. The third-order valence-electron chi connectivity index (χ3n) is 4.59. The van der Waals surface area contributed by atoms with Gasteiger partial charge in [-0.2, -0.15) is 5.10 Å². The molecule has 0 radical (unpaired) electrons. The Bertz CT molecular complexity index is 754. The van der Waals surface area contributed by atoms with Crippen molar-refractivity contribution in [1.82, 2.24) is 14.7 Å². The van der Waals surface area contributed by atoms with Crippen LogP contribution in [0.15, 0.2) is 24.3 Å². The van der Waals surface area contributed by atoms with Crippen molar-refractivity contribution in [3.05, 3.63) is 52.6 Å². The van der Waals surface area contributed by atoms with Gasteiger partial charge in [-0.15, -0.1) is 0 Å². The first-order valence-electron chi connectivity index (χ1n) is 7.56. The van der Waals surface area contributed by atoms with Crippen LogP contribution in [0.2, 0.25) is 0 Å². The van der Waals surface area contributed by atoms with Gasteiger partial charge in [-0.3, -0.25) is 9.48 Å². The quantitative estimate of drug-likeness (QED) is 0.854. The number of amides is 1. The van der Waals surface area contributed by atoms with Gasteiger partial charge in [-0.1, -0.05) is 12.1 Å². The lowest BCUT2D eigenvalue weighted by Crippen LogP contribution is -2.32. The molecule has 1 fully saturated rings. The second-order valence-corrected chi connectivity index (χ2v) is 6.12. The van der Waals surface area contributed by atoms with Crippen LogP contribution in [0.5, 0.6) is 0 Å². The van der Waals surface area contributed by atoms with Gasteiger partial charge in [0.15, 0.2) is 5.67 Å². The number of nitrogens with zero attached hydrogens (tertiary/aromatic N) is 3. The molecule has 1 saturated heterocycles. The van der Waals surface area contributed by atoms with E-state index >= 15 is 4.39 Å². The summed E-state index contributed by atoms with van der Waals surface area (Å²) in [5, 5.41) is 4.24. The second kappa shape index (κ2) is 5.44. The monoisotopic (exact) mass is 319 g/mol. The predicted molar refractivity (Wildman–Crippen MR) is 82.4 cm³/mol. The highest BCUT2D eigenvalue weighted by molar-refractivity contribution is 5.96. The minimum Gasteiger partial charge on any atom is -0.335 e. The highest BCUT2D eigenvalue weighted by Crippen LogP contribution is 2.37. The Kier molecular flexibility index (Phi) is 3.70. The van der Waals surface area contributed by atoms with Crippen LogP contribution in [-0.4, -0.2) is 33.7 Å². The Hall–Kier alpha value is -2.24. The molecular formula is C17H19F2N3O. The Morgan fingerprint density at radius 2 is 1.91 bits per heavy atom. The van der Waals surface area contributed by atoms with Gasteiger partial charge in [-0.25, -0.2) is 8.78 Å². The van der Waals surface area contributed by atoms with Gasteiger partial charge in [0.05, 0.1) is 17.8 Å². The van der Waals surface area contributed by atoms with Crippen LogP contribution in [0.1, 0.15) is 33.7 Å². The maximum atomic E-state index is 15.2. The van der Waals surface area contributed by atoms with Gasteiger partial charge in [0.25, 0.3) is 5.91 Å². The number of benzene rings is 1. The number of carbonyl (C=O) groups is 1. The number of carbonyl (C=O) groups excluding carboxylic acids is 1. The summed E-state index contributed by atoms with van der Waals surface area (Å²) in [4.78, 5) is 14.2. The summed E-state index contributed by atoms with van der Waals surface area (Å²) in [7, 11) is 1.78. The Morgan fingerprint density at radius 3 is 2.48 bits per heavy atom. The van der Waals surface area contributed by atoms with E-state index in [1.54, 1.807) is 18.7 Å². The summed E-state index contributed by atoms with van der Waals surface area (Å²) >= 11 is 0. The molecule has 1 aromatic carbocycles. The number of alkyl halides is 1. The van der Waals surface area contributed by atoms with Crippen molar-refractivity contribution in [2.24, 2.45) is 7.05 Å². The molecule has 23 heavy (non-hydrogen) atoms. The number of rotatable bonds is 2. The molecule has 0 bridgehead atoms. The molecule has 1 amide bonds. The lowest BCUT2D eigenvalue weighted by Gasteiger charge is -2.21. The van der Waals surface area contributed by atoms with Gasteiger partial charge < -0.3 is 4.90 Å². The van der Waals surface area contributed by atoms with Crippen LogP contribution in [-0.2, 0) is 12.7 Å². The second-order valence-electron chi connectivity index (χ2n) is 6.12. The van der Waals surface area contributed by atoms with Gasteiger partial charge in [0.2, 0.25) is 0 Å². The van der Waals surface area contributed by atoms with Crippen LogP contribution < -0.4 is 0 Å². The highest BCUT2D eigenvalue weighted by atomic mass is 19.1. The molecule has 1 aliphatic rings. The minimum absolute atomic E-state index is 0.0226. The molecule has 0 unspecified atom stereocenters. The van der Waals surface area contributed by atoms with Crippen molar-refractivity contribution in [1.29, 1.82) is 0 Å². The SMILES string of the molecule is Cc1nn(C)c(C)c1C(=O)N1CC[C@](F)(c2ccc(F)cc2)C1. The van der Waals surface area contributed by atoms with Gasteiger partial charge in [0.1, 0.15) is 5.82 Å². The Balaban J connectivity index is 1.84. The fourth-order valence-electron chi connectivity index (χ4n) is 3.17. The molecule has 1 aromatic heterocycles. The van der Waals surface area contributed by atoms with E-state index in [2.05, 4.69) is 5.10 Å². The van der Waals surface area contributed by atoms with E-state index in [9.17, 15) is 9.18 Å². The van der Waals surface area contributed by atoms with Crippen molar-refractivity contribution in [3.63, 3.8) is 0 Å². The van der Waals surface area contributed by atoms with Gasteiger partial charge in [-0.05, 0) is 31.5 Å². The largest absolute Gasteiger partial charge is 0.335 e. The zero-order chi connectivity index (χ0) is 16.8. The van der Waals surface area contributed by atoms with Crippen LogP contribution in [0.3, 0.4) is 0 Å². The molecule has 1 atom stereocenters. The van der Waals surface area contributed by atoms with Crippen LogP contribution in [0.4, 0.5) is 8.78 Å². The zero-order valence-electron chi connectivity index (χ0n) is 13.4. The third-order valence-corrected chi connectivity index (χ3v) is 4.59. The lowest BCUT2D eigenvalue weighted by molar-refractivity contribution is 0.0749. The average Bonchev–Trinajstić information content (AvgIpc) is 3.01. The number of hydrogen-bond acceptors (Lipinski definition) is 2. The average molecular weight is 319 g/mol. The Labute approximate surface area is 133 Å². The maximum Gasteiger partial charge on any atom is 0.257 e. The van der Waals surface area contributed by atoms with Crippen molar-refractivity contribution in [2.75, 3.05) is 13.1 Å². The van der Waals surface area contributed by atoms with E-state index in [0.717, 1.165) is 5.69 Å². The van der Waals surface area contributed by atoms with Gasteiger partial charge >= 0.3 is 0 Å². The fraction of sp³-hybridized carbons (Fsp3) is 0.412. The number of halogens is 2. The number of aromatic nitrogens is 2. The molecule has 2 aromatic rings. The molecule has 3 rings (SSSR count). The summed E-state index contributed by atoms with van der Waals surface area (Å²) in [6.07, 6.45) is 0.211. The molecule has 2 heterocycles. The molecular weight excluding hydrogens is 300 g/mol. The summed E-state index contributed by atoms with van der Waals surface area (Å²) < 4.78 is 29.8. The number of likely N-dealkylation sites (tertiary alicyclic amines) is 1. The molecule has 0 saturated carbocycles. The summed E-state index contributed by atoms with van der Waals surface area (Å²) in [6.45, 7) is 3.91. The van der Waals surface area contributed by atoms with Crippen LogP contribution >= 0.6 is 0 Å². The van der Waals surface area contributed by atoms with Crippen molar-refractivity contribution >= 4 is 5.91 Å². The van der Waals surface area contributed by atoms with E-state index in [1.807, 2.05) is 6.92 Å². The Morgan fingerprint density at radius 1 is 1.26 bits per heavy atom. The highest BCUT2D eigenvalue weighted by Gasteiger charge is 2.42. The topological polar surface area (TPSA) is 38.1 Å². The predicted octanol–water partition coefficient (Wildman–Crippen LogP) is 2.89. The summed E-state index contributed by atoms with van der Waals surface area (Å²) in [5.74, 6) is -0.598. The molecule has 1 aliphatic heterocycles. The van der Waals surface area contributed by atoms with Crippen molar-refractivity contribution < 1.29 is 13.6 Å². The van der Waals surface area contributed by atoms with Crippen molar-refractivity contribution in [3.8, 4) is 0 Å². The number of aryl methyl sites for hydroxylation is 2. The molecule has 0 aliphatic carbocycles. The number of hydrogen-bond donors (Lipinski definition) is 0. The smallest absolute Gasteiger partial charge is 0.257 e. The summed E-state index contributed by atoms with van der Waals surface area (Å²) in [6, 6.07) is 5.39. The molecule has 6 heteroatoms. The van der Waals surface area contributed by atoms with Crippen LogP contribution in [0.25, 0.3) is 0 Å². The molecule has 122 valence electrons. The zero-order valence-corrected chi connectivity index (χ0v) is 13.4. The van der Waals surface area contributed by atoms with E-state index in [4.69, 9.17) is 0 Å². The third kappa shape index (κ3) is 2.62. The van der Waals surface area contributed by atoms with E-state index < -0.39 is 11.5 Å². The fourth-order valence-corrected chi connectivity index (χ4v) is 3.17. The van der Waals surface area contributed by atoms with Gasteiger partial charge in [0, 0.05) is 25.7 Å². The normalized spacial score (nSPS) is 21.0. The first-order chi connectivity index (χ1) is 10.8.